The number of carboxylic acid groups (broad SMARTS) is 2. The molecule has 4 N–H and O–H groups in total. The van der Waals surface area contributed by atoms with E-state index in [1.807, 2.05) is 0 Å². The van der Waals surface area contributed by atoms with Crippen molar-refractivity contribution in [2.75, 3.05) is 7.11 Å². The topological polar surface area (TPSA) is 142 Å². The van der Waals surface area contributed by atoms with Crippen molar-refractivity contribution in [1.29, 1.82) is 0 Å². The van der Waals surface area contributed by atoms with Crippen LogP contribution in [0.4, 0.5) is 4.79 Å². The number of carboxylic acids is 2. The number of carbonyl (C=O) groups is 4. The molecule has 0 aliphatic carbocycles. The minimum Gasteiger partial charge on any atom is -0.481 e. The van der Waals surface area contributed by atoms with E-state index in [0.29, 0.717) is 0 Å². The van der Waals surface area contributed by atoms with Gasteiger partial charge in [0.05, 0.1) is 7.11 Å². The monoisotopic (exact) mass is 276 g/mol. The van der Waals surface area contributed by atoms with Crippen LogP contribution in [0.5, 0.6) is 0 Å². The first-order valence-electron chi connectivity index (χ1n) is 5.37. The highest BCUT2D eigenvalue weighted by Crippen LogP contribution is 1.98. The van der Waals surface area contributed by atoms with Crippen molar-refractivity contribution in [3.8, 4) is 0 Å². The van der Waals surface area contributed by atoms with Crippen molar-refractivity contribution in [1.82, 2.24) is 10.6 Å². The molecule has 19 heavy (non-hydrogen) atoms. The van der Waals surface area contributed by atoms with Crippen LogP contribution >= 0.6 is 0 Å². The van der Waals surface area contributed by atoms with Crippen LogP contribution in [0, 0.1) is 0 Å². The SMILES string of the molecule is COC(=O)C(C)NC(=O)N[C@@H](CCC(=O)O)C(=O)O. The Hall–Kier alpha value is -2.32. The third kappa shape index (κ3) is 6.86. The molecule has 108 valence electrons. The highest BCUT2D eigenvalue weighted by Gasteiger charge is 2.23. The average Bonchev–Trinajstić information content (AvgIpc) is 2.32. The summed E-state index contributed by atoms with van der Waals surface area (Å²) in [6.45, 7) is 1.36. The zero-order chi connectivity index (χ0) is 15.0. The van der Waals surface area contributed by atoms with E-state index in [1.54, 1.807) is 0 Å². The minimum absolute atomic E-state index is 0.259. The van der Waals surface area contributed by atoms with Crippen molar-refractivity contribution in [3.05, 3.63) is 0 Å². The Labute approximate surface area is 108 Å². The number of rotatable bonds is 7. The third-order valence-corrected chi connectivity index (χ3v) is 2.15. The maximum Gasteiger partial charge on any atom is 0.328 e. The normalized spacial score (nSPS) is 12.9. The summed E-state index contributed by atoms with van der Waals surface area (Å²) in [6.07, 6.45) is -0.658. The summed E-state index contributed by atoms with van der Waals surface area (Å²) in [6, 6.07) is -3.18. The summed E-state index contributed by atoms with van der Waals surface area (Å²) in [5, 5.41) is 21.5. The minimum atomic E-state index is -1.36. The smallest absolute Gasteiger partial charge is 0.328 e. The lowest BCUT2D eigenvalue weighted by Gasteiger charge is -2.16. The number of hydrogen-bond donors (Lipinski definition) is 4. The van der Waals surface area contributed by atoms with Crippen LogP contribution < -0.4 is 10.6 Å². The fourth-order valence-electron chi connectivity index (χ4n) is 1.16. The number of hydrogen-bond acceptors (Lipinski definition) is 5. The maximum absolute atomic E-state index is 11.4. The van der Waals surface area contributed by atoms with Gasteiger partial charge in [-0.1, -0.05) is 0 Å². The predicted octanol–water partition coefficient (Wildman–Crippen LogP) is -0.835. The number of amides is 2. The zero-order valence-electron chi connectivity index (χ0n) is 10.5. The van der Waals surface area contributed by atoms with Crippen LogP contribution in [0.2, 0.25) is 0 Å². The van der Waals surface area contributed by atoms with Crippen LogP contribution in [0.3, 0.4) is 0 Å². The molecule has 0 saturated heterocycles. The molecule has 0 bridgehead atoms. The van der Waals surface area contributed by atoms with Gasteiger partial charge in [-0.05, 0) is 13.3 Å². The first-order valence-corrected chi connectivity index (χ1v) is 5.37. The second-order valence-corrected chi connectivity index (χ2v) is 3.69. The zero-order valence-corrected chi connectivity index (χ0v) is 10.5. The van der Waals surface area contributed by atoms with E-state index >= 15 is 0 Å². The van der Waals surface area contributed by atoms with Crippen molar-refractivity contribution in [2.24, 2.45) is 0 Å². The molecule has 0 saturated carbocycles. The van der Waals surface area contributed by atoms with Crippen LogP contribution in [-0.4, -0.2) is 53.3 Å². The van der Waals surface area contributed by atoms with E-state index in [4.69, 9.17) is 10.2 Å². The van der Waals surface area contributed by atoms with E-state index < -0.39 is 42.4 Å². The number of methoxy groups -OCH3 is 1. The molecule has 2 amide bonds. The molecule has 0 radical (unpaired) electrons. The molecular weight excluding hydrogens is 260 g/mol. The van der Waals surface area contributed by atoms with Gasteiger partial charge < -0.3 is 25.6 Å². The molecule has 0 aliphatic rings. The third-order valence-electron chi connectivity index (χ3n) is 2.15. The molecule has 1 unspecified atom stereocenters. The van der Waals surface area contributed by atoms with Gasteiger partial charge in [0.1, 0.15) is 12.1 Å². The first-order chi connectivity index (χ1) is 8.77. The summed E-state index contributed by atoms with van der Waals surface area (Å²) in [5.74, 6) is -3.22. The van der Waals surface area contributed by atoms with E-state index in [-0.39, 0.29) is 6.42 Å². The molecule has 0 aliphatic heterocycles. The largest absolute Gasteiger partial charge is 0.481 e. The van der Waals surface area contributed by atoms with Gasteiger partial charge in [0, 0.05) is 6.42 Å². The summed E-state index contributed by atoms with van der Waals surface area (Å²) < 4.78 is 4.37. The number of aliphatic carboxylic acids is 2. The van der Waals surface area contributed by atoms with Crippen molar-refractivity contribution in [3.63, 3.8) is 0 Å². The van der Waals surface area contributed by atoms with Crippen molar-refractivity contribution < 1.29 is 34.1 Å². The average molecular weight is 276 g/mol. The fourth-order valence-corrected chi connectivity index (χ4v) is 1.16. The maximum atomic E-state index is 11.4. The Kier molecular flexibility index (Phi) is 6.94. The van der Waals surface area contributed by atoms with Gasteiger partial charge in [-0.25, -0.2) is 14.4 Å². The van der Waals surface area contributed by atoms with Crippen LogP contribution in [0.15, 0.2) is 0 Å². The Morgan fingerprint density at radius 1 is 1.16 bits per heavy atom. The molecule has 0 fully saturated rings. The standard InChI is InChI=1S/C10H16N2O7/c1-5(9(17)19-2)11-10(18)12-6(8(15)16)3-4-7(13)14/h5-6H,3-4H2,1-2H3,(H,13,14)(H,15,16)(H2,11,12,18)/t5?,6-/m0/s1. The van der Waals surface area contributed by atoms with Gasteiger partial charge in [0.15, 0.2) is 0 Å². The van der Waals surface area contributed by atoms with Crippen LogP contribution in [0.1, 0.15) is 19.8 Å². The Morgan fingerprint density at radius 2 is 1.74 bits per heavy atom. The molecular formula is C10H16N2O7. The quantitative estimate of drug-likeness (QED) is 0.444. The molecule has 0 rings (SSSR count). The first kappa shape index (κ1) is 16.7. The highest BCUT2D eigenvalue weighted by molar-refractivity contribution is 5.86. The van der Waals surface area contributed by atoms with Crippen LogP contribution in [-0.2, 0) is 19.1 Å². The second-order valence-electron chi connectivity index (χ2n) is 3.69. The molecule has 0 aromatic heterocycles. The van der Waals surface area contributed by atoms with E-state index in [1.165, 1.54) is 6.92 Å². The van der Waals surface area contributed by atoms with Gasteiger partial charge in [-0.3, -0.25) is 4.79 Å². The van der Waals surface area contributed by atoms with Crippen molar-refractivity contribution in [2.45, 2.75) is 31.8 Å². The Bertz CT molecular complexity index is 369. The number of urea groups is 1. The second kappa shape index (κ2) is 7.90. The van der Waals surface area contributed by atoms with E-state index in [9.17, 15) is 19.2 Å². The molecule has 0 aromatic rings. The summed E-state index contributed by atoms with van der Waals surface area (Å²) >= 11 is 0. The summed E-state index contributed by atoms with van der Waals surface area (Å²) in [7, 11) is 1.14. The molecule has 0 spiro atoms. The summed E-state index contributed by atoms with van der Waals surface area (Å²) in [5.41, 5.74) is 0. The lowest BCUT2D eigenvalue weighted by atomic mass is 10.1. The lowest BCUT2D eigenvalue weighted by molar-refractivity contribution is -0.142. The molecule has 9 heteroatoms. The molecule has 0 aromatic carbocycles. The lowest BCUT2D eigenvalue weighted by Crippen LogP contribution is -2.50. The fraction of sp³-hybridized carbons (Fsp3) is 0.600. The highest BCUT2D eigenvalue weighted by atomic mass is 16.5. The molecule has 9 nitrogen and oxygen atoms in total. The summed E-state index contributed by atoms with van der Waals surface area (Å²) in [4.78, 5) is 43.5. The number of esters is 1. The van der Waals surface area contributed by atoms with Crippen LogP contribution in [0.25, 0.3) is 0 Å². The number of nitrogens with one attached hydrogen (secondary N) is 2. The Morgan fingerprint density at radius 3 is 2.16 bits per heavy atom. The van der Waals surface area contributed by atoms with Gasteiger partial charge in [0.2, 0.25) is 0 Å². The molecule has 2 atom stereocenters. The van der Waals surface area contributed by atoms with E-state index in [2.05, 4.69) is 15.4 Å². The van der Waals surface area contributed by atoms with E-state index in [0.717, 1.165) is 7.11 Å². The van der Waals surface area contributed by atoms with Gasteiger partial charge >= 0.3 is 23.9 Å². The van der Waals surface area contributed by atoms with Gasteiger partial charge in [0.25, 0.3) is 0 Å². The predicted molar refractivity (Wildman–Crippen MR) is 61.4 cm³/mol. The van der Waals surface area contributed by atoms with Gasteiger partial charge in [-0.2, -0.15) is 0 Å². The number of carbonyl (C=O) groups excluding carboxylic acids is 2. The Balaban J connectivity index is 4.35. The van der Waals surface area contributed by atoms with Gasteiger partial charge in [-0.15, -0.1) is 0 Å². The van der Waals surface area contributed by atoms with Crippen molar-refractivity contribution >= 4 is 23.9 Å². The number of ether oxygens (including phenoxy) is 1. The molecule has 0 heterocycles.